The summed E-state index contributed by atoms with van der Waals surface area (Å²) in [5.41, 5.74) is 4.66. The molecule has 144 valence electrons. The Morgan fingerprint density at radius 3 is 1.30 bits per heavy atom. The molecule has 2 N–H and O–H groups in total. The Labute approximate surface area is 159 Å². The zero-order chi connectivity index (χ0) is 20.1. The van der Waals surface area contributed by atoms with E-state index < -0.39 is 12.2 Å². The molecule has 0 heterocycles. The smallest absolute Gasteiger partial charge is 0.149 e. The molecule has 0 fully saturated rings. The lowest BCUT2D eigenvalue weighted by molar-refractivity contribution is -0.129. The number of phenols is 2. The van der Waals surface area contributed by atoms with Crippen molar-refractivity contribution in [2.45, 2.75) is 52.7 Å². The minimum atomic E-state index is -0.761. The largest absolute Gasteiger partial charge is 0.507 e. The lowest BCUT2D eigenvalue weighted by Gasteiger charge is -2.19. The van der Waals surface area contributed by atoms with Gasteiger partial charge in [0.1, 0.15) is 36.3 Å². The fourth-order valence-corrected chi connectivity index (χ4v) is 3.27. The van der Waals surface area contributed by atoms with Crippen LogP contribution >= 0.6 is 0 Å². The van der Waals surface area contributed by atoms with Gasteiger partial charge in [-0.3, -0.25) is 0 Å². The van der Waals surface area contributed by atoms with E-state index in [4.69, 9.17) is 4.74 Å². The van der Waals surface area contributed by atoms with E-state index >= 15 is 0 Å². The Morgan fingerprint density at radius 1 is 0.741 bits per heavy atom. The third-order valence-corrected chi connectivity index (χ3v) is 4.63. The standard InChI is InChI=1S/C22H26O5/c1-13-5-17(6-14(2)21(13)25)9-19(11-23)27-20(12-24)10-18-7-15(3)22(26)16(4)8-18/h5-8,11-12,19-20,25-26H,9-10H2,1-4H3. The van der Waals surface area contributed by atoms with Crippen LogP contribution in [0.1, 0.15) is 33.4 Å². The van der Waals surface area contributed by atoms with Gasteiger partial charge in [-0.1, -0.05) is 24.3 Å². The summed E-state index contributed by atoms with van der Waals surface area (Å²) in [4.78, 5) is 23.0. The monoisotopic (exact) mass is 370 g/mol. The van der Waals surface area contributed by atoms with Gasteiger partial charge in [0.15, 0.2) is 0 Å². The summed E-state index contributed by atoms with van der Waals surface area (Å²) in [5, 5.41) is 19.7. The van der Waals surface area contributed by atoms with E-state index in [2.05, 4.69) is 0 Å². The normalized spacial score (nSPS) is 13.2. The van der Waals surface area contributed by atoms with Crippen molar-refractivity contribution in [2.24, 2.45) is 0 Å². The molecule has 0 aliphatic rings. The van der Waals surface area contributed by atoms with Gasteiger partial charge in [-0.2, -0.15) is 0 Å². The van der Waals surface area contributed by atoms with Crippen molar-refractivity contribution in [3.8, 4) is 11.5 Å². The molecule has 0 saturated carbocycles. The molecule has 2 aromatic carbocycles. The average molecular weight is 370 g/mol. The van der Waals surface area contributed by atoms with Crippen molar-refractivity contribution < 1.29 is 24.5 Å². The van der Waals surface area contributed by atoms with Crippen LogP contribution in [-0.2, 0) is 27.2 Å². The number of carbonyl (C=O) groups excluding carboxylic acids is 2. The van der Waals surface area contributed by atoms with Crippen molar-refractivity contribution in [2.75, 3.05) is 0 Å². The van der Waals surface area contributed by atoms with E-state index in [1.54, 1.807) is 27.7 Å². The number of aryl methyl sites for hydroxylation is 4. The van der Waals surface area contributed by atoms with Gasteiger partial charge in [0.25, 0.3) is 0 Å². The number of aldehydes is 2. The highest BCUT2D eigenvalue weighted by molar-refractivity contribution is 5.61. The molecule has 2 aromatic rings. The summed E-state index contributed by atoms with van der Waals surface area (Å²) < 4.78 is 5.72. The molecular weight excluding hydrogens is 344 g/mol. The van der Waals surface area contributed by atoms with Crippen LogP contribution in [0.2, 0.25) is 0 Å². The van der Waals surface area contributed by atoms with Gasteiger partial charge in [0, 0.05) is 12.8 Å². The Balaban J connectivity index is 2.11. The van der Waals surface area contributed by atoms with Crippen molar-refractivity contribution in [1.82, 2.24) is 0 Å². The van der Waals surface area contributed by atoms with E-state index in [0.717, 1.165) is 33.4 Å². The number of aromatic hydroxyl groups is 2. The number of carbonyl (C=O) groups is 2. The van der Waals surface area contributed by atoms with E-state index in [1.165, 1.54) is 0 Å². The summed E-state index contributed by atoms with van der Waals surface area (Å²) >= 11 is 0. The molecule has 0 aliphatic heterocycles. The third kappa shape index (κ3) is 5.17. The summed E-state index contributed by atoms with van der Waals surface area (Å²) in [6.45, 7) is 7.19. The third-order valence-electron chi connectivity index (χ3n) is 4.63. The van der Waals surface area contributed by atoms with Crippen LogP contribution in [0.25, 0.3) is 0 Å². The van der Waals surface area contributed by atoms with E-state index in [9.17, 15) is 19.8 Å². The van der Waals surface area contributed by atoms with Crippen LogP contribution < -0.4 is 0 Å². The number of rotatable bonds is 8. The Bertz CT molecular complexity index is 725. The number of phenolic OH excluding ortho intramolecular Hbond substituents is 2. The van der Waals surface area contributed by atoms with Gasteiger partial charge in [0.05, 0.1) is 0 Å². The van der Waals surface area contributed by atoms with Gasteiger partial charge >= 0.3 is 0 Å². The summed E-state index contributed by atoms with van der Waals surface area (Å²) in [7, 11) is 0. The zero-order valence-electron chi connectivity index (χ0n) is 16.2. The molecule has 27 heavy (non-hydrogen) atoms. The molecule has 0 amide bonds. The highest BCUT2D eigenvalue weighted by Crippen LogP contribution is 2.25. The van der Waals surface area contributed by atoms with Gasteiger partial charge < -0.3 is 24.5 Å². The summed E-state index contributed by atoms with van der Waals surface area (Å²) in [5.74, 6) is 0.484. The first-order chi connectivity index (χ1) is 12.7. The molecule has 0 aliphatic carbocycles. The van der Waals surface area contributed by atoms with E-state index in [0.29, 0.717) is 25.4 Å². The molecule has 2 atom stereocenters. The second-order valence-corrected chi connectivity index (χ2v) is 7.05. The van der Waals surface area contributed by atoms with Crippen molar-refractivity contribution in [3.05, 3.63) is 57.6 Å². The van der Waals surface area contributed by atoms with Crippen LogP contribution in [0.15, 0.2) is 24.3 Å². The van der Waals surface area contributed by atoms with Crippen molar-refractivity contribution in [1.29, 1.82) is 0 Å². The second-order valence-electron chi connectivity index (χ2n) is 7.05. The van der Waals surface area contributed by atoms with Gasteiger partial charge in [-0.15, -0.1) is 0 Å². The van der Waals surface area contributed by atoms with Crippen molar-refractivity contribution >= 4 is 12.6 Å². The number of benzene rings is 2. The summed E-state index contributed by atoms with van der Waals surface area (Å²) in [6.07, 6.45) is 0.515. The molecule has 2 unspecified atom stereocenters. The van der Waals surface area contributed by atoms with Gasteiger partial charge in [0.2, 0.25) is 0 Å². The highest BCUT2D eigenvalue weighted by Gasteiger charge is 2.18. The second kappa shape index (κ2) is 8.82. The fourth-order valence-electron chi connectivity index (χ4n) is 3.27. The molecule has 5 heteroatoms. The van der Waals surface area contributed by atoms with E-state index in [-0.39, 0.29) is 11.5 Å². The minimum Gasteiger partial charge on any atom is -0.507 e. The first-order valence-corrected chi connectivity index (χ1v) is 8.89. The predicted molar refractivity (Wildman–Crippen MR) is 103 cm³/mol. The van der Waals surface area contributed by atoms with E-state index in [1.807, 2.05) is 24.3 Å². The molecule has 0 spiro atoms. The van der Waals surface area contributed by atoms with Gasteiger partial charge in [-0.25, -0.2) is 0 Å². The SMILES string of the molecule is Cc1cc(CC(C=O)OC(C=O)Cc2cc(C)c(O)c(C)c2)cc(C)c1O. The molecule has 0 bridgehead atoms. The average Bonchev–Trinajstić information content (AvgIpc) is 2.62. The van der Waals surface area contributed by atoms with Crippen LogP contribution in [-0.4, -0.2) is 35.0 Å². The van der Waals surface area contributed by atoms with Crippen LogP contribution in [0.4, 0.5) is 0 Å². The quantitative estimate of drug-likeness (QED) is 0.697. The lowest BCUT2D eigenvalue weighted by Crippen LogP contribution is -2.28. The lowest BCUT2D eigenvalue weighted by atomic mass is 10.0. The van der Waals surface area contributed by atoms with Gasteiger partial charge in [-0.05, 0) is 61.1 Å². The number of hydrogen-bond donors (Lipinski definition) is 2. The topological polar surface area (TPSA) is 83.8 Å². The summed E-state index contributed by atoms with van der Waals surface area (Å²) in [6, 6.07) is 7.24. The first-order valence-electron chi connectivity index (χ1n) is 8.89. The highest BCUT2D eigenvalue weighted by atomic mass is 16.5. The Morgan fingerprint density at radius 2 is 1.04 bits per heavy atom. The number of ether oxygens (including phenoxy) is 1. The number of hydrogen-bond acceptors (Lipinski definition) is 5. The molecule has 5 nitrogen and oxygen atoms in total. The fraction of sp³-hybridized carbons (Fsp3) is 0.364. The van der Waals surface area contributed by atoms with Crippen LogP contribution in [0, 0.1) is 27.7 Å². The first kappa shape index (κ1) is 20.6. The maximum absolute atomic E-state index is 11.5. The molecule has 2 rings (SSSR count). The molecule has 0 radical (unpaired) electrons. The minimum absolute atomic E-state index is 0.242. The van der Waals surface area contributed by atoms with Crippen LogP contribution in [0.5, 0.6) is 11.5 Å². The predicted octanol–water partition coefficient (Wildman–Crippen LogP) is 3.27. The maximum atomic E-state index is 11.5. The zero-order valence-corrected chi connectivity index (χ0v) is 16.2. The van der Waals surface area contributed by atoms with Crippen LogP contribution in [0.3, 0.4) is 0 Å². The Kier molecular flexibility index (Phi) is 6.75. The Hall–Kier alpha value is -2.66. The molecular formula is C22H26O5. The molecule has 0 saturated heterocycles. The molecule has 0 aromatic heterocycles. The maximum Gasteiger partial charge on any atom is 0.149 e. The van der Waals surface area contributed by atoms with Crippen molar-refractivity contribution in [3.63, 3.8) is 0 Å².